The molecule has 0 amide bonds. The molecule has 0 spiro atoms. The van der Waals surface area contributed by atoms with E-state index in [0.717, 1.165) is 25.8 Å². The van der Waals surface area contributed by atoms with Crippen LogP contribution in [0.2, 0.25) is 0 Å². The van der Waals surface area contributed by atoms with E-state index in [9.17, 15) is 31.2 Å². The quantitative estimate of drug-likeness (QED) is 0.190. The van der Waals surface area contributed by atoms with Gasteiger partial charge in [-0.1, -0.05) is 30.3 Å². The Morgan fingerprint density at radius 2 is 1.50 bits per heavy atom. The summed E-state index contributed by atoms with van der Waals surface area (Å²) in [5.74, 6) is 0.316. The predicted molar refractivity (Wildman–Crippen MR) is 125 cm³/mol. The molecular formula is C25H32F6N2O3. The van der Waals surface area contributed by atoms with Gasteiger partial charge in [-0.05, 0) is 69.5 Å². The molecule has 0 aliphatic heterocycles. The molecule has 36 heavy (non-hydrogen) atoms. The molecule has 0 radical (unpaired) electrons. The van der Waals surface area contributed by atoms with Crippen molar-refractivity contribution in [1.29, 1.82) is 0 Å². The lowest BCUT2D eigenvalue weighted by atomic mass is 9.95. The third-order valence-electron chi connectivity index (χ3n) is 5.66. The zero-order valence-corrected chi connectivity index (χ0v) is 20.6. The number of benzene rings is 2. The first-order valence-corrected chi connectivity index (χ1v) is 11.3. The van der Waals surface area contributed by atoms with Crippen molar-refractivity contribution in [2.24, 2.45) is 11.3 Å². The molecule has 202 valence electrons. The minimum absolute atomic E-state index is 0.0892. The van der Waals surface area contributed by atoms with Gasteiger partial charge in [0, 0.05) is 19.6 Å². The topological polar surface area (TPSA) is 59.9 Å². The Bertz CT molecular complexity index is 875. The molecule has 2 rings (SSSR count). The van der Waals surface area contributed by atoms with Gasteiger partial charge in [-0.15, -0.1) is 4.91 Å². The van der Waals surface area contributed by atoms with Crippen LogP contribution in [0, 0.1) is 10.8 Å². The maximum Gasteiger partial charge on any atom is 0.416 e. The van der Waals surface area contributed by atoms with Crippen LogP contribution in [0.15, 0.2) is 53.9 Å². The summed E-state index contributed by atoms with van der Waals surface area (Å²) in [6.07, 6.45) is -7.48. The molecule has 0 saturated carbocycles. The molecule has 0 bridgehead atoms. The van der Waals surface area contributed by atoms with Crippen LogP contribution < -0.4 is 5.32 Å². The van der Waals surface area contributed by atoms with Crippen LogP contribution in [0.3, 0.4) is 0 Å². The third-order valence-corrected chi connectivity index (χ3v) is 5.66. The number of aryl methyl sites for hydroxylation is 1. The number of rotatable bonds is 11. The highest BCUT2D eigenvalue weighted by Crippen LogP contribution is 2.37. The molecule has 1 N–H and O–H groups in total. The van der Waals surface area contributed by atoms with Crippen LogP contribution in [0.25, 0.3) is 0 Å². The minimum atomic E-state index is -4.83. The maximum atomic E-state index is 12.5. The van der Waals surface area contributed by atoms with E-state index in [1.54, 1.807) is 0 Å². The van der Waals surface area contributed by atoms with E-state index in [2.05, 4.69) is 34.9 Å². The van der Waals surface area contributed by atoms with Crippen molar-refractivity contribution in [1.82, 2.24) is 5.32 Å². The van der Waals surface area contributed by atoms with Crippen molar-refractivity contribution < 1.29 is 35.9 Å². The summed E-state index contributed by atoms with van der Waals surface area (Å²) in [5, 5.41) is 5.66. The summed E-state index contributed by atoms with van der Waals surface area (Å²) in [7, 11) is 3.11. The van der Waals surface area contributed by atoms with Crippen molar-refractivity contribution in [2.45, 2.75) is 57.7 Å². The zero-order chi connectivity index (χ0) is 27.4. The fourth-order valence-corrected chi connectivity index (χ4v) is 3.48. The fraction of sp³-hybridized carbons (Fsp3) is 0.520. The van der Waals surface area contributed by atoms with Gasteiger partial charge in [0.2, 0.25) is 0 Å². The molecule has 0 aliphatic rings. The molecule has 3 atom stereocenters. The molecule has 2 aromatic carbocycles. The minimum Gasteiger partial charge on any atom is -0.377 e. The molecule has 0 saturated heterocycles. The van der Waals surface area contributed by atoms with Gasteiger partial charge in [-0.2, -0.15) is 26.3 Å². The van der Waals surface area contributed by atoms with Gasteiger partial charge < -0.3 is 14.9 Å². The Hall–Kier alpha value is -2.66. The summed E-state index contributed by atoms with van der Waals surface area (Å²) in [6.45, 7) is 4.10. The van der Waals surface area contributed by atoms with E-state index in [1.807, 2.05) is 20.0 Å². The van der Waals surface area contributed by atoms with Crippen molar-refractivity contribution in [2.75, 3.05) is 20.7 Å². The number of nitrogens with one attached hydrogen (secondary N) is 1. The SMILES string of the molecule is CNCC(CCCc1ccccc1)C(C)ON=O.COC(C)c1cc(C(F)(F)F)cc(C(F)(F)F)c1. The Kier molecular flexibility index (Phi) is 12.9. The second-order valence-electron chi connectivity index (χ2n) is 8.30. The van der Waals surface area contributed by atoms with Crippen molar-refractivity contribution in [3.8, 4) is 0 Å². The van der Waals surface area contributed by atoms with Crippen molar-refractivity contribution in [3.05, 3.63) is 75.7 Å². The lowest BCUT2D eigenvalue weighted by Gasteiger charge is -2.20. The molecule has 0 heterocycles. The van der Waals surface area contributed by atoms with Gasteiger partial charge in [0.1, 0.15) is 6.10 Å². The summed E-state index contributed by atoms with van der Waals surface area (Å²) in [6, 6.07) is 11.8. The Morgan fingerprint density at radius 3 is 1.94 bits per heavy atom. The second-order valence-corrected chi connectivity index (χ2v) is 8.30. The van der Waals surface area contributed by atoms with Crippen LogP contribution in [-0.4, -0.2) is 26.8 Å². The maximum absolute atomic E-state index is 12.5. The van der Waals surface area contributed by atoms with Gasteiger partial charge in [0.25, 0.3) is 0 Å². The predicted octanol–water partition coefficient (Wildman–Crippen LogP) is 7.36. The second kappa shape index (κ2) is 14.8. The Labute approximate surface area is 207 Å². The lowest BCUT2D eigenvalue weighted by molar-refractivity contribution is -0.143. The zero-order valence-electron chi connectivity index (χ0n) is 20.6. The van der Waals surface area contributed by atoms with Gasteiger partial charge in [0.05, 0.1) is 17.2 Å². The van der Waals surface area contributed by atoms with Crippen LogP contribution in [0.1, 0.15) is 55.0 Å². The monoisotopic (exact) mass is 522 g/mol. The van der Waals surface area contributed by atoms with Gasteiger partial charge in [0.15, 0.2) is 5.34 Å². The van der Waals surface area contributed by atoms with Crippen molar-refractivity contribution in [3.63, 3.8) is 0 Å². The summed E-state index contributed by atoms with van der Waals surface area (Å²) in [4.78, 5) is 14.9. The van der Waals surface area contributed by atoms with E-state index in [-0.39, 0.29) is 17.7 Å². The van der Waals surface area contributed by atoms with Crippen LogP contribution >= 0.6 is 0 Å². The van der Waals surface area contributed by atoms with E-state index >= 15 is 0 Å². The highest BCUT2D eigenvalue weighted by Gasteiger charge is 2.37. The van der Waals surface area contributed by atoms with Crippen LogP contribution in [0.5, 0.6) is 0 Å². The summed E-state index contributed by atoms with van der Waals surface area (Å²) in [5.41, 5.74) is -1.49. The first-order chi connectivity index (χ1) is 16.8. The number of halogens is 6. The largest absolute Gasteiger partial charge is 0.416 e. The number of hydrogen-bond acceptors (Lipinski definition) is 5. The van der Waals surface area contributed by atoms with Gasteiger partial charge in [-0.25, -0.2) is 0 Å². The van der Waals surface area contributed by atoms with Crippen LogP contribution in [-0.2, 0) is 28.3 Å². The third kappa shape index (κ3) is 10.9. The number of methoxy groups -OCH3 is 1. The molecule has 2 aromatic rings. The first-order valence-electron chi connectivity index (χ1n) is 11.3. The van der Waals surface area contributed by atoms with Crippen molar-refractivity contribution >= 4 is 0 Å². The standard InChI is InChI=1S/C14H22N2O2.C11H10F6O/c1-12(18-16-17)14(11-15-2)10-6-9-13-7-4-3-5-8-13;1-6(18-2)7-3-8(10(12,13)14)5-9(4-7)11(15,16)17/h3-5,7-8,12,14-15H,6,9-11H2,1-2H3;3-6H,1-2H3. The summed E-state index contributed by atoms with van der Waals surface area (Å²) < 4.78 is 79.7. The molecule has 3 unspecified atom stereocenters. The van der Waals surface area contributed by atoms with E-state index in [0.29, 0.717) is 18.1 Å². The number of alkyl halides is 6. The number of hydrogen-bond donors (Lipinski definition) is 1. The first kappa shape index (κ1) is 31.4. The lowest BCUT2D eigenvalue weighted by Crippen LogP contribution is -2.29. The van der Waals surface area contributed by atoms with E-state index in [1.165, 1.54) is 19.6 Å². The fourth-order valence-electron chi connectivity index (χ4n) is 3.48. The molecule has 5 nitrogen and oxygen atoms in total. The van der Waals surface area contributed by atoms with Crippen LogP contribution in [0.4, 0.5) is 26.3 Å². The molecule has 11 heteroatoms. The normalized spacial score (nSPS) is 14.3. The number of nitrogens with zero attached hydrogens (tertiary/aromatic N) is 1. The highest BCUT2D eigenvalue weighted by molar-refractivity contribution is 5.34. The molecular weight excluding hydrogens is 490 g/mol. The summed E-state index contributed by atoms with van der Waals surface area (Å²) >= 11 is 0. The van der Waals surface area contributed by atoms with Gasteiger partial charge >= 0.3 is 12.4 Å². The average Bonchev–Trinajstić information content (AvgIpc) is 2.83. The Morgan fingerprint density at radius 1 is 0.944 bits per heavy atom. The van der Waals surface area contributed by atoms with Gasteiger partial charge in [-0.3, -0.25) is 0 Å². The Balaban J connectivity index is 0.000000360. The average molecular weight is 523 g/mol. The van der Waals surface area contributed by atoms with E-state index < -0.39 is 29.6 Å². The molecule has 0 aliphatic carbocycles. The molecule has 0 fully saturated rings. The number of ether oxygens (including phenoxy) is 1. The smallest absolute Gasteiger partial charge is 0.377 e. The highest BCUT2D eigenvalue weighted by atomic mass is 19.4. The molecule has 0 aromatic heterocycles. The van der Waals surface area contributed by atoms with E-state index in [4.69, 9.17) is 9.57 Å².